The van der Waals surface area contributed by atoms with Crippen LogP contribution < -0.4 is 15.4 Å². The van der Waals surface area contributed by atoms with Crippen LogP contribution in [0.1, 0.15) is 18.9 Å². The summed E-state index contributed by atoms with van der Waals surface area (Å²) in [6.45, 7) is 8.44. The molecule has 142 valence electrons. The summed E-state index contributed by atoms with van der Waals surface area (Å²) in [5.41, 5.74) is 1.20. The van der Waals surface area contributed by atoms with E-state index in [4.69, 9.17) is 9.47 Å². The van der Waals surface area contributed by atoms with Crippen molar-refractivity contribution in [3.05, 3.63) is 29.8 Å². The van der Waals surface area contributed by atoms with Gasteiger partial charge in [0.15, 0.2) is 5.96 Å². The number of hydrogen-bond acceptors (Lipinski definition) is 4. The van der Waals surface area contributed by atoms with Gasteiger partial charge in [0.25, 0.3) is 0 Å². The third-order valence-corrected chi connectivity index (χ3v) is 3.78. The van der Waals surface area contributed by atoms with Gasteiger partial charge in [-0.3, -0.25) is 4.99 Å². The van der Waals surface area contributed by atoms with Crippen LogP contribution in [0.2, 0.25) is 0 Å². The maximum Gasteiger partial charge on any atom is 0.191 e. The molecular weight excluding hydrogens is 316 g/mol. The molecule has 0 aliphatic heterocycles. The lowest BCUT2D eigenvalue weighted by Crippen LogP contribution is -2.44. The topological polar surface area (TPSA) is 58.1 Å². The van der Waals surface area contributed by atoms with Gasteiger partial charge in [-0.2, -0.15) is 0 Å². The van der Waals surface area contributed by atoms with Crippen LogP contribution >= 0.6 is 0 Å². The highest BCUT2D eigenvalue weighted by atomic mass is 16.5. The summed E-state index contributed by atoms with van der Waals surface area (Å²) in [5, 5.41) is 6.63. The number of likely N-dealkylation sites (N-methyl/N-ethyl adjacent to an activating group) is 1. The Bertz CT molecular complexity index is 508. The van der Waals surface area contributed by atoms with Crippen LogP contribution in [-0.2, 0) is 4.74 Å². The highest BCUT2D eigenvalue weighted by Crippen LogP contribution is 2.13. The predicted molar refractivity (Wildman–Crippen MR) is 105 cm³/mol. The van der Waals surface area contributed by atoms with E-state index in [1.54, 1.807) is 14.2 Å². The standard InChI is InChI=1S/C19H34N4O2/c1-16-8-6-9-18(14-16)25-17(2)15-22-19(20-3)21-10-12-23(4)11-7-13-24-5/h6,8-9,14,17H,7,10-13,15H2,1-5H3,(H2,20,21,22). The number of nitrogens with zero attached hydrogens (tertiary/aromatic N) is 2. The second-order valence-electron chi connectivity index (χ2n) is 6.27. The quantitative estimate of drug-likeness (QED) is 0.363. The first-order valence-electron chi connectivity index (χ1n) is 8.90. The molecule has 1 atom stereocenters. The summed E-state index contributed by atoms with van der Waals surface area (Å²) < 4.78 is 11.0. The lowest BCUT2D eigenvalue weighted by atomic mass is 10.2. The lowest BCUT2D eigenvalue weighted by Gasteiger charge is -2.20. The van der Waals surface area contributed by atoms with Crippen LogP contribution in [0.15, 0.2) is 29.3 Å². The number of hydrogen-bond donors (Lipinski definition) is 2. The number of methoxy groups -OCH3 is 1. The molecule has 6 nitrogen and oxygen atoms in total. The van der Waals surface area contributed by atoms with Gasteiger partial charge in [-0.05, 0) is 45.0 Å². The van der Waals surface area contributed by atoms with Crippen LogP contribution in [-0.4, -0.2) is 71.0 Å². The zero-order chi connectivity index (χ0) is 18.5. The molecule has 1 aromatic rings. The molecule has 0 saturated carbocycles. The van der Waals surface area contributed by atoms with Crippen molar-refractivity contribution in [3.8, 4) is 5.75 Å². The van der Waals surface area contributed by atoms with E-state index in [-0.39, 0.29) is 6.10 Å². The summed E-state index contributed by atoms with van der Waals surface area (Å²) in [6, 6.07) is 8.10. The second-order valence-corrected chi connectivity index (χ2v) is 6.27. The van der Waals surface area contributed by atoms with Gasteiger partial charge in [0.2, 0.25) is 0 Å². The average molecular weight is 351 g/mol. The molecule has 0 aliphatic carbocycles. The monoisotopic (exact) mass is 350 g/mol. The average Bonchev–Trinajstić information content (AvgIpc) is 2.58. The van der Waals surface area contributed by atoms with Gasteiger partial charge >= 0.3 is 0 Å². The molecule has 2 N–H and O–H groups in total. The van der Waals surface area contributed by atoms with Crippen molar-refractivity contribution in [2.75, 3.05) is 54.0 Å². The van der Waals surface area contributed by atoms with Crippen molar-refractivity contribution in [1.29, 1.82) is 0 Å². The van der Waals surface area contributed by atoms with Crippen molar-refractivity contribution in [2.24, 2.45) is 4.99 Å². The number of nitrogens with one attached hydrogen (secondary N) is 2. The Morgan fingerprint density at radius 2 is 2.08 bits per heavy atom. The maximum absolute atomic E-state index is 5.92. The largest absolute Gasteiger partial charge is 0.489 e. The van der Waals surface area contributed by atoms with Crippen molar-refractivity contribution in [3.63, 3.8) is 0 Å². The zero-order valence-electron chi connectivity index (χ0n) is 16.3. The van der Waals surface area contributed by atoms with Crippen LogP contribution in [0, 0.1) is 6.92 Å². The van der Waals surface area contributed by atoms with Crippen LogP contribution in [0.3, 0.4) is 0 Å². The molecule has 0 saturated heterocycles. The molecule has 0 fully saturated rings. The lowest BCUT2D eigenvalue weighted by molar-refractivity contribution is 0.180. The molecule has 0 radical (unpaired) electrons. The number of ether oxygens (including phenoxy) is 2. The number of aryl methyl sites for hydroxylation is 1. The summed E-state index contributed by atoms with van der Waals surface area (Å²) in [4.78, 5) is 6.53. The molecule has 6 heteroatoms. The van der Waals surface area contributed by atoms with Crippen LogP contribution in [0.5, 0.6) is 5.75 Å². The number of benzene rings is 1. The van der Waals surface area contributed by atoms with E-state index in [1.165, 1.54) is 5.56 Å². The van der Waals surface area contributed by atoms with Crippen LogP contribution in [0.25, 0.3) is 0 Å². The molecule has 0 amide bonds. The third kappa shape index (κ3) is 9.94. The highest BCUT2D eigenvalue weighted by Gasteiger charge is 2.06. The van der Waals surface area contributed by atoms with Gasteiger partial charge in [0, 0.05) is 40.4 Å². The summed E-state index contributed by atoms with van der Waals surface area (Å²) in [7, 11) is 5.63. The van der Waals surface area contributed by atoms with Gasteiger partial charge in [0.05, 0.1) is 6.54 Å². The molecule has 0 heterocycles. The van der Waals surface area contributed by atoms with E-state index in [0.717, 1.165) is 44.4 Å². The Labute approximate surface area is 152 Å². The van der Waals surface area contributed by atoms with Gasteiger partial charge < -0.3 is 25.0 Å². The first kappa shape index (κ1) is 21.3. The highest BCUT2D eigenvalue weighted by molar-refractivity contribution is 5.79. The van der Waals surface area contributed by atoms with E-state index in [9.17, 15) is 0 Å². The van der Waals surface area contributed by atoms with Crippen molar-refractivity contribution < 1.29 is 9.47 Å². The van der Waals surface area contributed by atoms with Crippen LogP contribution in [0.4, 0.5) is 0 Å². The Morgan fingerprint density at radius 1 is 1.28 bits per heavy atom. The Morgan fingerprint density at radius 3 is 2.76 bits per heavy atom. The van der Waals surface area contributed by atoms with E-state index < -0.39 is 0 Å². The minimum absolute atomic E-state index is 0.0528. The molecule has 0 bridgehead atoms. The molecule has 1 unspecified atom stereocenters. The SMILES string of the molecule is CN=C(NCCN(C)CCCOC)NCC(C)Oc1cccc(C)c1. The van der Waals surface area contributed by atoms with Gasteiger partial charge in [0.1, 0.15) is 11.9 Å². The van der Waals surface area contributed by atoms with Crippen molar-refractivity contribution in [2.45, 2.75) is 26.4 Å². The smallest absolute Gasteiger partial charge is 0.191 e. The molecule has 25 heavy (non-hydrogen) atoms. The fraction of sp³-hybridized carbons (Fsp3) is 0.632. The predicted octanol–water partition coefficient (Wildman–Crippen LogP) is 1.90. The summed E-state index contributed by atoms with van der Waals surface area (Å²) in [6.07, 6.45) is 1.10. The fourth-order valence-electron chi connectivity index (χ4n) is 2.38. The maximum atomic E-state index is 5.92. The molecule has 0 aromatic heterocycles. The van der Waals surface area contributed by atoms with Gasteiger partial charge in [-0.1, -0.05) is 12.1 Å². The van der Waals surface area contributed by atoms with E-state index in [0.29, 0.717) is 6.54 Å². The minimum Gasteiger partial charge on any atom is -0.489 e. The molecular formula is C19H34N4O2. The summed E-state index contributed by atoms with van der Waals surface area (Å²) in [5.74, 6) is 1.69. The first-order valence-corrected chi connectivity index (χ1v) is 8.90. The summed E-state index contributed by atoms with van der Waals surface area (Å²) >= 11 is 0. The van der Waals surface area contributed by atoms with E-state index >= 15 is 0 Å². The van der Waals surface area contributed by atoms with Gasteiger partial charge in [-0.25, -0.2) is 0 Å². The number of rotatable bonds is 11. The van der Waals surface area contributed by atoms with Gasteiger partial charge in [-0.15, -0.1) is 0 Å². The normalized spacial score (nSPS) is 13.0. The van der Waals surface area contributed by atoms with Crippen molar-refractivity contribution in [1.82, 2.24) is 15.5 Å². The Hall–Kier alpha value is -1.79. The zero-order valence-corrected chi connectivity index (χ0v) is 16.3. The van der Waals surface area contributed by atoms with Crippen molar-refractivity contribution >= 4 is 5.96 Å². The number of aliphatic imine (C=N–C) groups is 1. The third-order valence-electron chi connectivity index (χ3n) is 3.78. The van der Waals surface area contributed by atoms with E-state index in [1.807, 2.05) is 25.1 Å². The molecule has 1 rings (SSSR count). The van der Waals surface area contributed by atoms with E-state index in [2.05, 4.69) is 40.6 Å². The molecule has 1 aromatic carbocycles. The Balaban J connectivity index is 2.22. The molecule has 0 aliphatic rings. The molecule has 0 spiro atoms. The Kier molecular flexibility index (Phi) is 10.7. The minimum atomic E-state index is 0.0528. The second kappa shape index (κ2) is 12.6. The first-order chi connectivity index (χ1) is 12.0. The fourth-order valence-corrected chi connectivity index (χ4v) is 2.38. The number of guanidine groups is 1.